The molecule has 1 aromatic heterocycles. The Labute approximate surface area is 121 Å². The Morgan fingerprint density at radius 2 is 2.28 bits per heavy atom. The van der Waals surface area contributed by atoms with Crippen molar-refractivity contribution in [2.45, 2.75) is 31.7 Å². The molecule has 1 fully saturated rings. The molecule has 0 atom stereocenters. The fraction of sp³-hybridized carbons (Fsp3) is 0.538. The molecule has 18 heavy (non-hydrogen) atoms. The van der Waals surface area contributed by atoms with Gasteiger partial charge in [-0.2, -0.15) is 0 Å². The van der Waals surface area contributed by atoms with Gasteiger partial charge in [0.2, 0.25) is 0 Å². The first-order valence-electron chi connectivity index (χ1n) is 6.21. The molecule has 1 heterocycles. The highest BCUT2D eigenvalue weighted by atomic mass is 79.9. The van der Waals surface area contributed by atoms with E-state index in [-0.39, 0.29) is 5.91 Å². The molecule has 0 radical (unpaired) electrons. The van der Waals surface area contributed by atoms with Crippen molar-refractivity contribution in [3.8, 4) is 0 Å². The van der Waals surface area contributed by atoms with E-state index in [9.17, 15) is 4.79 Å². The van der Waals surface area contributed by atoms with E-state index in [1.54, 1.807) is 12.1 Å². The van der Waals surface area contributed by atoms with Crippen molar-refractivity contribution >= 4 is 33.4 Å². The number of amides is 1. The third-order valence-corrected chi connectivity index (χ3v) is 4.04. The van der Waals surface area contributed by atoms with E-state index in [1.807, 2.05) is 4.90 Å². The molecule has 0 bridgehead atoms. The Kier molecular flexibility index (Phi) is 5.01. The van der Waals surface area contributed by atoms with Crippen LogP contribution in [0.25, 0.3) is 0 Å². The van der Waals surface area contributed by atoms with Gasteiger partial charge in [0.25, 0.3) is 5.91 Å². The number of hydrogen-bond acceptors (Lipinski definition) is 2. The van der Waals surface area contributed by atoms with E-state index >= 15 is 0 Å². The van der Waals surface area contributed by atoms with Crippen molar-refractivity contribution in [1.29, 1.82) is 0 Å². The zero-order chi connectivity index (χ0) is 13.0. The first-order chi connectivity index (χ1) is 8.72. The Morgan fingerprint density at radius 1 is 1.50 bits per heavy atom. The standard InChI is InChI=1S/C13H16BrClN2O/c14-7-2-8-17(11-3-1-4-11)13(18)12-6-5-10(15)9-16-12/h5-6,9,11H,1-4,7-8H2. The summed E-state index contributed by atoms with van der Waals surface area (Å²) in [6.07, 6.45) is 5.94. The SMILES string of the molecule is O=C(c1ccc(Cl)cn1)N(CCCBr)C1CCC1. The first kappa shape index (κ1) is 13.8. The quantitative estimate of drug-likeness (QED) is 0.774. The van der Waals surface area contributed by atoms with Crippen LogP contribution in [-0.4, -0.2) is 33.7 Å². The Morgan fingerprint density at radius 3 is 2.78 bits per heavy atom. The molecule has 1 aromatic rings. The maximum Gasteiger partial charge on any atom is 0.272 e. The summed E-state index contributed by atoms with van der Waals surface area (Å²) in [5, 5.41) is 1.47. The average Bonchev–Trinajstić information content (AvgIpc) is 2.32. The normalized spacial score (nSPS) is 15.2. The molecule has 0 N–H and O–H groups in total. The van der Waals surface area contributed by atoms with Gasteiger partial charge in [-0.25, -0.2) is 4.98 Å². The van der Waals surface area contributed by atoms with Crippen molar-refractivity contribution in [2.24, 2.45) is 0 Å². The van der Waals surface area contributed by atoms with Crippen LogP contribution >= 0.6 is 27.5 Å². The van der Waals surface area contributed by atoms with Gasteiger partial charge in [0.1, 0.15) is 5.69 Å². The number of aromatic nitrogens is 1. The van der Waals surface area contributed by atoms with Crippen LogP contribution in [0.4, 0.5) is 0 Å². The summed E-state index contributed by atoms with van der Waals surface area (Å²) in [4.78, 5) is 18.5. The van der Waals surface area contributed by atoms with Crippen LogP contribution in [0.15, 0.2) is 18.3 Å². The molecule has 0 aromatic carbocycles. The molecule has 1 saturated carbocycles. The smallest absolute Gasteiger partial charge is 0.272 e. The van der Waals surface area contributed by atoms with Gasteiger partial charge in [0.05, 0.1) is 5.02 Å². The fourth-order valence-electron chi connectivity index (χ4n) is 2.03. The van der Waals surface area contributed by atoms with Crippen LogP contribution in [-0.2, 0) is 0 Å². The number of pyridine rings is 1. The van der Waals surface area contributed by atoms with Crippen LogP contribution in [0.5, 0.6) is 0 Å². The average molecular weight is 332 g/mol. The minimum atomic E-state index is 0.0253. The van der Waals surface area contributed by atoms with Crippen LogP contribution in [0.3, 0.4) is 0 Å². The molecule has 0 spiro atoms. The molecule has 3 nitrogen and oxygen atoms in total. The van der Waals surface area contributed by atoms with Gasteiger partial charge in [-0.05, 0) is 37.8 Å². The van der Waals surface area contributed by atoms with Crippen LogP contribution in [0, 0.1) is 0 Å². The molecule has 1 amide bonds. The summed E-state index contributed by atoms with van der Waals surface area (Å²) in [5.41, 5.74) is 0.487. The second-order valence-electron chi connectivity index (χ2n) is 4.49. The second kappa shape index (κ2) is 6.53. The molecular formula is C13H16BrClN2O. The minimum absolute atomic E-state index is 0.0253. The monoisotopic (exact) mass is 330 g/mol. The zero-order valence-corrected chi connectivity index (χ0v) is 12.5. The lowest BCUT2D eigenvalue weighted by molar-refractivity contribution is 0.0575. The number of rotatable bonds is 5. The van der Waals surface area contributed by atoms with Gasteiger partial charge in [-0.15, -0.1) is 0 Å². The van der Waals surface area contributed by atoms with Gasteiger partial charge in [-0.3, -0.25) is 4.79 Å². The van der Waals surface area contributed by atoms with Gasteiger partial charge < -0.3 is 4.90 Å². The predicted octanol–water partition coefficient (Wildman–Crippen LogP) is 3.51. The molecule has 98 valence electrons. The van der Waals surface area contributed by atoms with E-state index in [1.165, 1.54) is 12.6 Å². The second-order valence-corrected chi connectivity index (χ2v) is 5.72. The summed E-state index contributed by atoms with van der Waals surface area (Å²) in [7, 11) is 0. The van der Waals surface area contributed by atoms with Crippen molar-refractivity contribution in [3.05, 3.63) is 29.0 Å². The maximum atomic E-state index is 12.4. The molecule has 5 heteroatoms. The van der Waals surface area contributed by atoms with E-state index in [0.717, 1.165) is 31.1 Å². The summed E-state index contributed by atoms with van der Waals surface area (Å²) in [6.45, 7) is 0.791. The largest absolute Gasteiger partial charge is 0.334 e. The number of hydrogen-bond donors (Lipinski definition) is 0. The number of alkyl halides is 1. The summed E-state index contributed by atoms with van der Waals surface area (Å²) in [5.74, 6) is 0.0253. The summed E-state index contributed by atoms with van der Waals surface area (Å²) < 4.78 is 0. The Bertz CT molecular complexity index is 406. The maximum absolute atomic E-state index is 12.4. The van der Waals surface area contributed by atoms with Crippen molar-refractivity contribution in [1.82, 2.24) is 9.88 Å². The fourth-order valence-corrected chi connectivity index (χ4v) is 2.39. The Balaban J connectivity index is 2.08. The number of carbonyl (C=O) groups excluding carboxylic acids is 1. The van der Waals surface area contributed by atoms with Crippen molar-refractivity contribution in [2.75, 3.05) is 11.9 Å². The molecule has 0 aliphatic heterocycles. The molecule has 2 rings (SSSR count). The minimum Gasteiger partial charge on any atom is -0.334 e. The highest BCUT2D eigenvalue weighted by Crippen LogP contribution is 2.26. The van der Waals surface area contributed by atoms with Gasteiger partial charge >= 0.3 is 0 Å². The third kappa shape index (κ3) is 3.23. The molecule has 1 aliphatic rings. The number of nitrogens with zero attached hydrogens (tertiary/aromatic N) is 2. The van der Waals surface area contributed by atoms with Crippen molar-refractivity contribution < 1.29 is 4.79 Å². The van der Waals surface area contributed by atoms with Crippen LogP contribution in [0.2, 0.25) is 5.02 Å². The zero-order valence-electron chi connectivity index (χ0n) is 10.1. The highest BCUT2D eigenvalue weighted by Gasteiger charge is 2.29. The van der Waals surface area contributed by atoms with Crippen LogP contribution < -0.4 is 0 Å². The lowest BCUT2D eigenvalue weighted by Crippen LogP contribution is -2.45. The predicted molar refractivity (Wildman–Crippen MR) is 76.3 cm³/mol. The lowest BCUT2D eigenvalue weighted by Gasteiger charge is -2.37. The molecule has 0 unspecified atom stereocenters. The van der Waals surface area contributed by atoms with Gasteiger partial charge in [-0.1, -0.05) is 27.5 Å². The van der Waals surface area contributed by atoms with E-state index in [2.05, 4.69) is 20.9 Å². The number of halogens is 2. The van der Waals surface area contributed by atoms with Crippen LogP contribution in [0.1, 0.15) is 36.2 Å². The molecule has 0 saturated heterocycles. The van der Waals surface area contributed by atoms with E-state index in [0.29, 0.717) is 16.8 Å². The van der Waals surface area contributed by atoms with Crippen molar-refractivity contribution in [3.63, 3.8) is 0 Å². The first-order valence-corrected chi connectivity index (χ1v) is 7.71. The lowest BCUT2D eigenvalue weighted by atomic mass is 9.91. The molecule has 1 aliphatic carbocycles. The topological polar surface area (TPSA) is 33.2 Å². The summed E-state index contributed by atoms with van der Waals surface area (Å²) >= 11 is 9.20. The van der Waals surface area contributed by atoms with Gasteiger partial charge in [0.15, 0.2) is 0 Å². The Hall–Kier alpha value is -0.610. The third-order valence-electron chi connectivity index (χ3n) is 3.26. The number of carbonyl (C=O) groups is 1. The van der Waals surface area contributed by atoms with Gasteiger partial charge in [0, 0.05) is 24.1 Å². The van der Waals surface area contributed by atoms with E-state index in [4.69, 9.17) is 11.6 Å². The summed E-state index contributed by atoms with van der Waals surface area (Å²) in [6, 6.07) is 3.81. The highest BCUT2D eigenvalue weighted by molar-refractivity contribution is 9.09. The van der Waals surface area contributed by atoms with E-state index < -0.39 is 0 Å². The molecular weight excluding hydrogens is 316 g/mol.